The summed E-state index contributed by atoms with van der Waals surface area (Å²) in [5.41, 5.74) is 10.2. The minimum atomic E-state index is -2.34. The van der Waals surface area contributed by atoms with Gasteiger partial charge in [-0.05, 0) is 52.3 Å². The second-order valence-corrected chi connectivity index (χ2v) is 27.7. The molecular formula is C53H45FGeIrN4O-2. The summed E-state index contributed by atoms with van der Waals surface area (Å²) in [6.07, 6.45) is 3.44. The SMILES string of the molecule is CC(C)(C)c1ccc(-n2c(-c3[c-]ccc4c3oc3ncccc34)nc3c4ccccc4ccc32)c(-c2ccccc2)c1.[2H]C([2H])([2H])c1cc(-c2[c-]cc(F)cc2)nc[c]1[Ge]([CH3])([CH3])[CH3].[Ir]. The van der Waals surface area contributed by atoms with E-state index in [0.717, 1.165) is 70.8 Å². The van der Waals surface area contributed by atoms with Crippen molar-refractivity contribution >= 4 is 61.5 Å². The molecule has 6 aromatic carbocycles. The topological polar surface area (TPSA) is 56.7 Å². The van der Waals surface area contributed by atoms with E-state index in [4.69, 9.17) is 13.5 Å². The number of imidazole rings is 1. The number of hydrogen-bond donors (Lipinski definition) is 0. The molecule has 0 saturated carbocycles. The molecule has 1 radical (unpaired) electrons. The number of pyridine rings is 2. The van der Waals surface area contributed by atoms with Crippen LogP contribution in [0.2, 0.25) is 17.3 Å². The molecule has 0 unspecified atom stereocenters. The van der Waals surface area contributed by atoms with E-state index in [1.54, 1.807) is 24.5 Å². The number of aryl methyl sites for hydroxylation is 1. The van der Waals surface area contributed by atoms with Crippen molar-refractivity contribution in [2.75, 3.05) is 0 Å². The average Bonchev–Trinajstić information content (AvgIpc) is 3.85. The fourth-order valence-corrected chi connectivity index (χ4v) is 10.6. The average molecular weight is 1040 g/mol. The van der Waals surface area contributed by atoms with Crippen molar-refractivity contribution < 1.29 is 33.0 Å². The van der Waals surface area contributed by atoms with E-state index in [9.17, 15) is 4.39 Å². The van der Waals surface area contributed by atoms with Crippen molar-refractivity contribution in [3.8, 4) is 39.5 Å². The number of aromatic nitrogens is 4. The molecule has 0 atom stereocenters. The third-order valence-corrected chi connectivity index (χ3v) is 15.2. The van der Waals surface area contributed by atoms with Crippen molar-refractivity contribution in [2.45, 2.75) is 50.3 Å². The van der Waals surface area contributed by atoms with E-state index in [2.05, 4.69) is 150 Å². The van der Waals surface area contributed by atoms with Gasteiger partial charge < -0.3 is 8.98 Å². The van der Waals surface area contributed by atoms with Gasteiger partial charge in [-0.25, -0.2) is 4.98 Å². The summed E-state index contributed by atoms with van der Waals surface area (Å²) in [4.78, 5) is 14.2. The fourth-order valence-electron chi connectivity index (χ4n) is 7.78. The van der Waals surface area contributed by atoms with E-state index in [0.29, 0.717) is 22.5 Å². The number of halogens is 1. The number of furan rings is 1. The number of benzene rings is 6. The Balaban J connectivity index is 0.000000216. The Kier molecular flexibility index (Phi) is 10.4. The van der Waals surface area contributed by atoms with Crippen LogP contribution in [0.3, 0.4) is 0 Å². The fraction of sp³-hybridized carbons (Fsp3) is 0.151. The molecule has 10 rings (SSSR count). The first kappa shape index (κ1) is 38.2. The molecule has 0 bridgehead atoms. The van der Waals surface area contributed by atoms with E-state index in [-0.39, 0.29) is 31.3 Å². The third-order valence-electron chi connectivity index (χ3n) is 10.9. The van der Waals surface area contributed by atoms with Gasteiger partial charge in [0.2, 0.25) is 5.71 Å². The van der Waals surface area contributed by atoms with Crippen molar-refractivity contribution in [1.29, 1.82) is 0 Å². The van der Waals surface area contributed by atoms with Crippen LogP contribution in [0, 0.1) is 24.8 Å². The smallest absolute Gasteiger partial charge is 0 e. The van der Waals surface area contributed by atoms with Crippen molar-refractivity contribution in [3.63, 3.8) is 0 Å². The van der Waals surface area contributed by atoms with Crippen LogP contribution in [-0.2, 0) is 25.5 Å². The predicted molar refractivity (Wildman–Crippen MR) is 248 cm³/mol. The first-order chi connectivity index (χ1) is 30.1. The molecule has 0 fully saturated rings. The second kappa shape index (κ2) is 16.6. The normalized spacial score (nSPS) is 12.7. The van der Waals surface area contributed by atoms with Gasteiger partial charge in [0, 0.05) is 48.3 Å². The Morgan fingerprint density at radius 3 is 2.33 bits per heavy atom. The largest absolute Gasteiger partial charge is 0 e. The molecule has 0 aliphatic carbocycles. The molecule has 305 valence electrons. The van der Waals surface area contributed by atoms with Gasteiger partial charge in [0.15, 0.2) is 0 Å². The third kappa shape index (κ3) is 8.10. The molecule has 4 heterocycles. The van der Waals surface area contributed by atoms with Crippen LogP contribution >= 0.6 is 0 Å². The Labute approximate surface area is 376 Å². The van der Waals surface area contributed by atoms with Crippen LogP contribution in [0.5, 0.6) is 0 Å². The zero-order valence-corrected chi connectivity index (χ0v) is 39.3. The summed E-state index contributed by atoms with van der Waals surface area (Å²) in [6.45, 7) is 4.59. The maximum Gasteiger partial charge on any atom is 0 e. The first-order valence-corrected chi connectivity index (χ1v) is 27.4. The quantitative estimate of drug-likeness (QED) is 0.127. The Bertz CT molecular complexity index is 3320. The zero-order valence-electron chi connectivity index (χ0n) is 37.8. The van der Waals surface area contributed by atoms with Crippen LogP contribution < -0.4 is 4.40 Å². The van der Waals surface area contributed by atoms with Gasteiger partial charge in [-0.15, -0.1) is 18.2 Å². The Morgan fingerprint density at radius 2 is 1.57 bits per heavy atom. The van der Waals surface area contributed by atoms with Crippen LogP contribution in [-0.4, -0.2) is 32.8 Å². The second-order valence-electron chi connectivity index (χ2n) is 17.1. The molecule has 0 spiro atoms. The molecule has 4 aromatic heterocycles. The molecule has 0 N–H and O–H groups in total. The van der Waals surface area contributed by atoms with Crippen molar-refractivity contribution in [1.82, 2.24) is 19.5 Å². The van der Waals surface area contributed by atoms with Crippen molar-refractivity contribution in [3.05, 3.63) is 175 Å². The molecule has 0 aliphatic rings. The van der Waals surface area contributed by atoms with E-state index in [1.807, 2.05) is 24.3 Å². The first-order valence-electron chi connectivity index (χ1n) is 21.5. The van der Waals surface area contributed by atoms with Crippen LogP contribution in [0.1, 0.15) is 36.0 Å². The maximum absolute atomic E-state index is 13.0. The minimum Gasteiger partial charge on any atom is 0 e. The van der Waals surface area contributed by atoms with E-state index in [1.165, 1.54) is 17.7 Å². The van der Waals surface area contributed by atoms with Gasteiger partial charge >= 0.3 is 114 Å². The predicted octanol–water partition coefficient (Wildman–Crippen LogP) is 13.4. The molecule has 5 nitrogen and oxygen atoms in total. The number of rotatable bonds is 5. The minimum absolute atomic E-state index is 0. The van der Waals surface area contributed by atoms with Crippen LogP contribution in [0.4, 0.5) is 4.39 Å². The molecule has 8 heteroatoms. The van der Waals surface area contributed by atoms with Gasteiger partial charge in [-0.2, -0.15) is 0 Å². The Hall–Kier alpha value is -5.73. The van der Waals surface area contributed by atoms with Gasteiger partial charge in [0.1, 0.15) is 0 Å². The summed E-state index contributed by atoms with van der Waals surface area (Å²) in [7, 11) is 0. The summed E-state index contributed by atoms with van der Waals surface area (Å²) in [5.74, 6) is 6.81. The molecular weight excluding hydrogens is 992 g/mol. The van der Waals surface area contributed by atoms with E-state index < -0.39 is 20.1 Å². The van der Waals surface area contributed by atoms with Gasteiger partial charge in [-0.3, -0.25) is 4.98 Å². The van der Waals surface area contributed by atoms with Gasteiger partial charge in [-0.1, -0.05) is 98.5 Å². The zero-order chi connectivity index (χ0) is 44.3. The Morgan fingerprint density at radius 1 is 0.787 bits per heavy atom. The molecule has 61 heavy (non-hydrogen) atoms. The molecule has 0 amide bonds. The number of hydrogen-bond acceptors (Lipinski definition) is 4. The summed E-state index contributed by atoms with van der Waals surface area (Å²) >= 11 is -2.34. The van der Waals surface area contributed by atoms with Gasteiger partial charge in [0.05, 0.1) is 22.4 Å². The van der Waals surface area contributed by atoms with E-state index >= 15 is 0 Å². The summed E-state index contributed by atoms with van der Waals surface area (Å²) in [6, 6.07) is 50.2. The number of nitrogens with zero attached hydrogens (tertiary/aromatic N) is 4. The summed E-state index contributed by atoms with van der Waals surface area (Å²) < 4.78 is 45.8. The van der Waals surface area contributed by atoms with Crippen molar-refractivity contribution in [2.24, 2.45) is 0 Å². The molecule has 0 aliphatic heterocycles. The number of fused-ring (bicyclic) bond motifs is 6. The maximum atomic E-state index is 13.0. The monoisotopic (exact) mass is 1040 g/mol. The molecule has 0 saturated heterocycles. The van der Waals surface area contributed by atoms with Crippen LogP contribution in [0.25, 0.3) is 83.3 Å². The summed E-state index contributed by atoms with van der Waals surface area (Å²) in [5, 5.41) is 4.25. The molecule has 10 aromatic rings. The van der Waals surface area contributed by atoms with Gasteiger partial charge in [0.25, 0.3) is 0 Å². The standard InChI is InChI=1S/C38H28N3O.C15H17FGeN.Ir/c1-38(2,3)26-19-21-32(31(23-26)24-11-5-4-6-12-24)41-33-20-18-25-13-7-8-14-27(25)34(33)40-36(41)30-16-9-15-28-29-17-10-22-39-37(29)42-35(28)30;1-11-9-15(12-5-7-13(16)8-6-12)18-10-14(11)17(2,3)4;/h4-15,17-23H,1-3H3;5,7-10H,1-4H3;/q2*-1;/i;1D3;. The van der Waals surface area contributed by atoms with Crippen LogP contribution in [0.15, 0.2) is 150 Å².